The molecule has 0 amide bonds. The van der Waals surface area contributed by atoms with Gasteiger partial charge in [-0.15, -0.1) is 0 Å². The Labute approximate surface area is 446 Å². The van der Waals surface area contributed by atoms with Crippen molar-refractivity contribution in [3.05, 3.63) is 313 Å². The monoisotopic (exact) mass is 976 g/mol. The largest absolute Gasteiger partial charge is 0.309 e. The summed E-state index contributed by atoms with van der Waals surface area (Å²) < 4.78 is 4.86. The molecule has 0 bridgehead atoms. The van der Waals surface area contributed by atoms with E-state index < -0.39 is 5.41 Å². The minimum atomic E-state index is -0.549. The van der Waals surface area contributed by atoms with Crippen LogP contribution in [0.3, 0.4) is 0 Å². The lowest BCUT2D eigenvalue weighted by atomic mass is 9.67. The summed E-state index contributed by atoms with van der Waals surface area (Å²) in [6.45, 7) is 0. The third kappa shape index (κ3) is 6.24. The van der Waals surface area contributed by atoms with E-state index in [1.54, 1.807) is 0 Å². The fraction of sp³-hybridized carbons (Fsp3) is 0.0133. The fourth-order valence-corrected chi connectivity index (χ4v) is 13.7. The Morgan fingerprint density at radius 2 is 0.623 bits per heavy atom. The highest BCUT2D eigenvalue weighted by Crippen LogP contribution is 2.58. The van der Waals surface area contributed by atoms with E-state index in [1.165, 1.54) is 132 Å². The van der Waals surface area contributed by atoms with Gasteiger partial charge in [0, 0.05) is 32.9 Å². The average molecular weight is 977 g/mol. The topological polar surface area (TPSA) is 9.86 Å². The van der Waals surface area contributed by atoms with Gasteiger partial charge >= 0.3 is 0 Å². The molecule has 0 saturated heterocycles. The van der Waals surface area contributed by atoms with Crippen molar-refractivity contribution in [3.8, 4) is 55.9 Å². The molecule has 0 radical (unpaired) electrons. The van der Waals surface area contributed by atoms with Crippen molar-refractivity contribution in [1.29, 1.82) is 0 Å². The van der Waals surface area contributed by atoms with Crippen LogP contribution in [0.1, 0.15) is 22.3 Å². The molecule has 0 spiro atoms. The molecule has 2 heteroatoms. The summed E-state index contributed by atoms with van der Waals surface area (Å²) in [5.74, 6) is 0. The number of aromatic nitrogens is 2. The standard InChI is InChI=1S/C75H48N2/c1-5-23-50(24-6-1)75(51-25-7-2-8-26-51)66-40-16-13-31-56(66)57-46-45-49(47-67(57)75)72-60-36-19-34-54(58-38-21-43-70-73(58)62-32-14-17-41-68(62)76(70)52-27-9-3-10-28-52)64(60)48-65-55(35-20-37-61(65)72)59-39-22-44-71-74(59)63-33-15-18-42-69(63)77(71)53-29-11-4-12-30-53/h1-48H. The molecule has 15 aromatic rings. The molecule has 0 saturated carbocycles. The SMILES string of the molecule is c1ccc(-n2c3ccccc3c3c(-c4cccc5c(-c6ccc7c(c6)C(c6ccccc6)(c6ccccc6)c6ccccc6-7)c6cccc(-c7cccc8c7c7ccccc7n8-c7ccccc7)c6cc45)cccc32)cc1. The summed E-state index contributed by atoms with van der Waals surface area (Å²) in [5.41, 5.74) is 21.4. The predicted molar refractivity (Wildman–Crippen MR) is 324 cm³/mol. The number of fused-ring (bicyclic) bond motifs is 11. The maximum absolute atomic E-state index is 2.55. The lowest BCUT2D eigenvalue weighted by Crippen LogP contribution is -2.28. The van der Waals surface area contributed by atoms with Crippen molar-refractivity contribution in [2.45, 2.75) is 5.41 Å². The van der Waals surface area contributed by atoms with E-state index in [9.17, 15) is 0 Å². The van der Waals surface area contributed by atoms with Crippen LogP contribution in [-0.4, -0.2) is 9.13 Å². The van der Waals surface area contributed by atoms with Crippen LogP contribution < -0.4 is 0 Å². The minimum Gasteiger partial charge on any atom is -0.309 e. The second-order valence-corrected chi connectivity index (χ2v) is 20.6. The van der Waals surface area contributed by atoms with Crippen LogP contribution in [-0.2, 0) is 5.41 Å². The summed E-state index contributed by atoms with van der Waals surface area (Å²) >= 11 is 0. The zero-order valence-electron chi connectivity index (χ0n) is 42.1. The predicted octanol–water partition coefficient (Wildman–Crippen LogP) is 19.6. The first-order valence-electron chi connectivity index (χ1n) is 26.8. The summed E-state index contributed by atoms with van der Waals surface area (Å²) in [6, 6.07) is 108. The maximum atomic E-state index is 2.55. The quantitative estimate of drug-likeness (QED) is 0.141. The highest BCUT2D eigenvalue weighted by molar-refractivity contribution is 6.25. The van der Waals surface area contributed by atoms with Gasteiger partial charge in [-0.3, -0.25) is 0 Å². The van der Waals surface area contributed by atoms with Crippen molar-refractivity contribution in [2.24, 2.45) is 0 Å². The number of benzene rings is 13. The van der Waals surface area contributed by atoms with Crippen LogP contribution in [0, 0.1) is 0 Å². The Morgan fingerprint density at radius 3 is 1.16 bits per heavy atom. The van der Waals surface area contributed by atoms with Gasteiger partial charge in [0.15, 0.2) is 0 Å². The van der Waals surface area contributed by atoms with Crippen molar-refractivity contribution in [3.63, 3.8) is 0 Å². The van der Waals surface area contributed by atoms with Gasteiger partial charge in [-0.25, -0.2) is 0 Å². The first-order valence-corrected chi connectivity index (χ1v) is 26.8. The third-order valence-corrected chi connectivity index (χ3v) is 16.8. The molecule has 0 fully saturated rings. The van der Waals surface area contributed by atoms with Crippen LogP contribution in [0.5, 0.6) is 0 Å². The summed E-state index contributed by atoms with van der Waals surface area (Å²) in [6.07, 6.45) is 0. The molecule has 0 aliphatic heterocycles. The van der Waals surface area contributed by atoms with Crippen molar-refractivity contribution in [2.75, 3.05) is 0 Å². The lowest BCUT2D eigenvalue weighted by molar-refractivity contribution is 0.769. The minimum absolute atomic E-state index is 0.549. The van der Waals surface area contributed by atoms with E-state index >= 15 is 0 Å². The smallest absolute Gasteiger partial charge is 0.0713 e. The van der Waals surface area contributed by atoms with Gasteiger partial charge in [-0.05, 0) is 149 Å². The zero-order chi connectivity index (χ0) is 50.6. The number of nitrogens with zero attached hydrogens (tertiary/aromatic N) is 2. The molecule has 2 heterocycles. The van der Waals surface area contributed by atoms with Crippen LogP contribution in [0.4, 0.5) is 0 Å². The van der Waals surface area contributed by atoms with E-state index in [1.807, 2.05) is 0 Å². The van der Waals surface area contributed by atoms with Gasteiger partial charge in [0.25, 0.3) is 0 Å². The Morgan fingerprint density at radius 1 is 0.234 bits per heavy atom. The molecule has 16 rings (SSSR count). The number of hydrogen-bond acceptors (Lipinski definition) is 0. The third-order valence-electron chi connectivity index (χ3n) is 16.8. The second-order valence-electron chi connectivity index (χ2n) is 20.6. The van der Waals surface area contributed by atoms with Crippen LogP contribution in [0.25, 0.3) is 121 Å². The number of para-hydroxylation sites is 4. The average Bonchev–Trinajstić information content (AvgIpc) is 4.17. The molecule has 358 valence electrons. The zero-order valence-corrected chi connectivity index (χ0v) is 42.1. The van der Waals surface area contributed by atoms with Crippen LogP contribution in [0.15, 0.2) is 291 Å². The van der Waals surface area contributed by atoms with Crippen LogP contribution >= 0.6 is 0 Å². The molecule has 77 heavy (non-hydrogen) atoms. The van der Waals surface area contributed by atoms with E-state index in [0.29, 0.717) is 0 Å². The molecule has 0 atom stereocenters. The van der Waals surface area contributed by atoms with E-state index in [4.69, 9.17) is 0 Å². The van der Waals surface area contributed by atoms with Gasteiger partial charge in [0.2, 0.25) is 0 Å². The lowest BCUT2D eigenvalue weighted by Gasteiger charge is -2.34. The Bertz CT molecular complexity index is 4580. The molecular formula is C75H48N2. The van der Waals surface area contributed by atoms with Gasteiger partial charge in [-0.1, -0.05) is 231 Å². The highest BCUT2D eigenvalue weighted by Gasteiger charge is 2.46. The van der Waals surface area contributed by atoms with Gasteiger partial charge < -0.3 is 9.13 Å². The molecule has 0 unspecified atom stereocenters. The van der Waals surface area contributed by atoms with Gasteiger partial charge in [0.05, 0.1) is 27.5 Å². The van der Waals surface area contributed by atoms with Crippen molar-refractivity contribution < 1.29 is 0 Å². The van der Waals surface area contributed by atoms with E-state index in [0.717, 1.165) is 11.4 Å². The summed E-state index contributed by atoms with van der Waals surface area (Å²) in [5, 5.41) is 9.83. The summed E-state index contributed by atoms with van der Waals surface area (Å²) in [7, 11) is 0. The number of rotatable bonds is 7. The van der Waals surface area contributed by atoms with Crippen molar-refractivity contribution in [1.82, 2.24) is 9.13 Å². The Kier molecular flexibility index (Phi) is 9.58. The molecule has 0 N–H and O–H groups in total. The molecule has 1 aliphatic carbocycles. The first kappa shape index (κ1) is 43.4. The molecule has 2 aromatic heterocycles. The molecule has 2 nitrogen and oxygen atoms in total. The van der Waals surface area contributed by atoms with Gasteiger partial charge in [0.1, 0.15) is 0 Å². The molecule has 1 aliphatic rings. The Balaban J connectivity index is 1.04. The molecule has 13 aromatic carbocycles. The number of hydrogen-bond donors (Lipinski definition) is 0. The fourth-order valence-electron chi connectivity index (χ4n) is 13.7. The molecular weight excluding hydrogens is 929 g/mol. The van der Waals surface area contributed by atoms with E-state index in [2.05, 4.69) is 300 Å². The van der Waals surface area contributed by atoms with E-state index in [-0.39, 0.29) is 0 Å². The first-order chi connectivity index (χ1) is 38.3. The summed E-state index contributed by atoms with van der Waals surface area (Å²) in [4.78, 5) is 0. The van der Waals surface area contributed by atoms with Gasteiger partial charge in [-0.2, -0.15) is 0 Å². The van der Waals surface area contributed by atoms with Crippen molar-refractivity contribution >= 4 is 65.2 Å². The highest BCUT2D eigenvalue weighted by atomic mass is 15.0. The Hall–Kier alpha value is -10.0. The van der Waals surface area contributed by atoms with Crippen LogP contribution in [0.2, 0.25) is 0 Å². The second kappa shape index (κ2) is 17.0. The maximum Gasteiger partial charge on any atom is 0.0713 e. The normalized spacial score (nSPS) is 12.8.